The third kappa shape index (κ3) is 6.85. The molecule has 2 N–H and O–H groups in total. The van der Waals surface area contributed by atoms with Crippen molar-refractivity contribution in [1.82, 2.24) is 10.6 Å². The average molecular weight is 503 g/mol. The zero-order chi connectivity index (χ0) is 26.2. The van der Waals surface area contributed by atoms with Gasteiger partial charge < -0.3 is 10.6 Å². The Morgan fingerprint density at radius 2 is 1.30 bits per heavy atom. The van der Waals surface area contributed by atoms with Crippen LogP contribution >= 0.6 is 0 Å². The molecule has 4 nitrogen and oxygen atoms in total. The molecule has 0 aliphatic carbocycles. The number of carbonyl (C=O) groups is 2. The van der Waals surface area contributed by atoms with Gasteiger partial charge >= 0.3 is 0 Å². The molecule has 188 valence electrons. The maximum absolute atomic E-state index is 14.0. The van der Waals surface area contributed by atoms with Crippen molar-refractivity contribution in [2.75, 3.05) is 0 Å². The number of rotatable bonds is 9. The zero-order valence-electron chi connectivity index (χ0n) is 19.9. The van der Waals surface area contributed by atoms with Gasteiger partial charge in [0, 0.05) is 36.7 Å². The highest BCUT2D eigenvalue weighted by Gasteiger charge is 2.16. The van der Waals surface area contributed by atoms with E-state index in [0.717, 1.165) is 28.8 Å². The van der Waals surface area contributed by atoms with Gasteiger partial charge in [-0.1, -0.05) is 60.7 Å². The third-order valence-corrected chi connectivity index (χ3v) is 5.96. The molecule has 7 heteroatoms. The third-order valence-electron chi connectivity index (χ3n) is 5.96. The van der Waals surface area contributed by atoms with E-state index in [2.05, 4.69) is 10.6 Å². The van der Waals surface area contributed by atoms with Crippen molar-refractivity contribution in [3.05, 3.63) is 131 Å². The first-order chi connectivity index (χ1) is 17.9. The van der Waals surface area contributed by atoms with Crippen LogP contribution in [0, 0.1) is 17.5 Å². The quantitative estimate of drug-likeness (QED) is 0.297. The maximum atomic E-state index is 14.0. The fourth-order valence-corrected chi connectivity index (χ4v) is 3.98. The van der Waals surface area contributed by atoms with E-state index < -0.39 is 17.5 Å². The summed E-state index contributed by atoms with van der Waals surface area (Å²) >= 11 is 0. The summed E-state index contributed by atoms with van der Waals surface area (Å²) in [6.45, 7) is 0.167. The summed E-state index contributed by atoms with van der Waals surface area (Å²) in [6, 6.07) is 23.7. The smallest absolute Gasteiger partial charge is 0.252 e. The highest BCUT2D eigenvalue weighted by molar-refractivity contribution is 6.01. The van der Waals surface area contributed by atoms with E-state index in [9.17, 15) is 22.8 Å². The van der Waals surface area contributed by atoms with Crippen LogP contribution in [-0.4, -0.2) is 11.8 Å². The van der Waals surface area contributed by atoms with Crippen LogP contribution in [0.3, 0.4) is 0 Å². The fraction of sp³-hybridized carbons (Fsp3) is 0.133. The van der Waals surface area contributed by atoms with E-state index in [1.165, 1.54) is 18.2 Å². The largest absolute Gasteiger partial charge is 0.352 e. The van der Waals surface area contributed by atoms with Crippen LogP contribution in [0.15, 0.2) is 91.0 Å². The number of carbonyl (C=O) groups excluding carboxylic acids is 2. The van der Waals surface area contributed by atoms with Crippen molar-refractivity contribution in [1.29, 1.82) is 0 Å². The molecular formula is C30H25F3N2O2. The lowest BCUT2D eigenvalue weighted by molar-refractivity contribution is -0.121. The molecular weight excluding hydrogens is 477 g/mol. The van der Waals surface area contributed by atoms with Crippen LogP contribution < -0.4 is 10.6 Å². The molecule has 0 fully saturated rings. The van der Waals surface area contributed by atoms with Crippen LogP contribution in [0.25, 0.3) is 11.1 Å². The molecule has 0 unspecified atom stereocenters. The molecule has 0 aromatic heterocycles. The van der Waals surface area contributed by atoms with Gasteiger partial charge in [-0.3, -0.25) is 9.59 Å². The number of nitrogens with one attached hydrogen (secondary N) is 2. The maximum Gasteiger partial charge on any atom is 0.252 e. The van der Waals surface area contributed by atoms with E-state index in [0.29, 0.717) is 17.5 Å². The molecule has 0 aliphatic heterocycles. The molecule has 4 aromatic carbocycles. The predicted molar refractivity (Wildman–Crippen MR) is 136 cm³/mol. The molecule has 0 spiro atoms. The molecule has 0 bridgehead atoms. The number of hydrogen-bond donors (Lipinski definition) is 2. The minimum absolute atomic E-state index is 0.0922. The van der Waals surface area contributed by atoms with E-state index >= 15 is 0 Å². The van der Waals surface area contributed by atoms with Gasteiger partial charge in [-0.25, -0.2) is 13.2 Å². The molecule has 0 aliphatic rings. The summed E-state index contributed by atoms with van der Waals surface area (Å²) in [5, 5.41) is 5.61. The standard InChI is InChI=1S/C30H25F3N2O2/c31-23-13-9-20(10-14-23)11-16-29(36)34-18-21-5-1-2-6-25(21)26-7-3-4-8-27(26)30(37)35-19-22-12-15-24(32)17-28(22)33/h1-10,12-15,17H,11,16,18-19H2,(H,34,36)(H,35,37). The SMILES string of the molecule is O=C(CCc1ccc(F)cc1)NCc1ccccc1-c1ccccc1C(=O)NCc1ccc(F)cc1F. The Bertz CT molecular complexity index is 1400. The Morgan fingerprint density at radius 1 is 0.649 bits per heavy atom. The number of aryl methyl sites for hydroxylation is 1. The molecule has 0 saturated heterocycles. The van der Waals surface area contributed by atoms with Crippen molar-refractivity contribution >= 4 is 11.8 Å². The molecule has 2 amide bonds. The first kappa shape index (κ1) is 25.7. The highest BCUT2D eigenvalue weighted by atomic mass is 19.1. The van der Waals surface area contributed by atoms with Crippen LogP contribution in [0.4, 0.5) is 13.2 Å². The zero-order valence-corrected chi connectivity index (χ0v) is 19.9. The molecule has 37 heavy (non-hydrogen) atoms. The Kier molecular flexibility index (Phi) is 8.36. The summed E-state index contributed by atoms with van der Waals surface area (Å²) in [5.41, 5.74) is 3.70. The molecule has 0 heterocycles. The second-order valence-electron chi connectivity index (χ2n) is 8.52. The van der Waals surface area contributed by atoms with Gasteiger partial charge in [-0.15, -0.1) is 0 Å². The predicted octanol–water partition coefficient (Wildman–Crippen LogP) is 5.95. The molecule has 0 atom stereocenters. The topological polar surface area (TPSA) is 58.2 Å². The number of halogens is 3. The number of benzene rings is 4. The van der Waals surface area contributed by atoms with Gasteiger partial charge in [0.2, 0.25) is 5.91 Å². The van der Waals surface area contributed by atoms with Crippen molar-refractivity contribution < 1.29 is 22.8 Å². The van der Waals surface area contributed by atoms with Crippen molar-refractivity contribution in [3.8, 4) is 11.1 Å². The first-order valence-corrected chi connectivity index (χ1v) is 11.8. The monoisotopic (exact) mass is 502 g/mol. The van der Waals surface area contributed by atoms with Crippen molar-refractivity contribution in [3.63, 3.8) is 0 Å². The minimum atomic E-state index is -0.728. The normalized spacial score (nSPS) is 10.7. The van der Waals surface area contributed by atoms with Crippen molar-refractivity contribution in [2.45, 2.75) is 25.9 Å². The average Bonchev–Trinajstić information content (AvgIpc) is 2.91. The highest BCUT2D eigenvalue weighted by Crippen LogP contribution is 2.27. The van der Waals surface area contributed by atoms with Gasteiger partial charge in [-0.2, -0.15) is 0 Å². The number of amides is 2. The van der Waals surface area contributed by atoms with Crippen LogP contribution in [0.2, 0.25) is 0 Å². The fourth-order valence-electron chi connectivity index (χ4n) is 3.98. The summed E-state index contributed by atoms with van der Waals surface area (Å²) in [5.74, 6) is -2.28. The van der Waals surface area contributed by atoms with E-state index in [4.69, 9.17) is 0 Å². The Hall–Kier alpha value is -4.39. The van der Waals surface area contributed by atoms with Crippen LogP contribution in [0.5, 0.6) is 0 Å². The summed E-state index contributed by atoms with van der Waals surface area (Å²) in [7, 11) is 0. The molecule has 0 saturated carbocycles. The molecule has 0 radical (unpaired) electrons. The second-order valence-corrected chi connectivity index (χ2v) is 8.52. The molecule has 4 aromatic rings. The lowest BCUT2D eigenvalue weighted by Gasteiger charge is -2.15. The summed E-state index contributed by atoms with van der Waals surface area (Å²) in [6.07, 6.45) is 0.748. The Morgan fingerprint density at radius 3 is 2.05 bits per heavy atom. The van der Waals surface area contributed by atoms with E-state index in [1.807, 2.05) is 36.4 Å². The summed E-state index contributed by atoms with van der Waals surface area (Å²) < 4.78 is 40.2. The molecule has 4 rings (SSSR count). The number of hydrogen-bond acceptors (Lipinski definition) is 2. The lowest BCUT2D eigenvalue weighted by atomic mass is 9.94. The van der Waals surface area contributed by atoms with E-state index in [1.54, 1.807) is 24.3 Å². The Labute approximate surface area is 213 Å². The van der Waals surface area contributed by atoms with Gasteiger partial charge in [0.25, 0.3) is 5.91 Å². The Balaban J connectivity index is 1.44. The van der Waals surface area contributed by atoms with Crippen LogP contribution in [0.1, 0.15) is 33.5 Å². The first-order valence-electron chi connectivity index (χ1n) is 11.8. The second kappa shape index (κ2) is 12.0. The van der Waals surface area contributed by atoms with Gasteiger partial charge in [0.1, 0.15) is 17.5 Å². The van der Waals surface area contributed by atoms with Gasteiger partial charge in [0.05, 0.1) is 0 Å². The van der Waals surface area contributed by atoms with Gasteiger partial charge in [0.15, 0.2) is 0 Å². The minimum Gasteiger partial charge on any atom is -0.352 e. The van der Waals surface area contributed by atoms with Gasteiger partial charge in [-0.05, 0) is 52.9 Å². The lowest BCUT2D eigenvalue weighted by Crippen LogP contribution is -2.25. The summed E-state index contributed by atoms with van der Waals surface area (Å²) in [4.78, 5) is 25.5. The van der Waals surface area contributed by atoms with E-state index in [-0.39, 0.29) is 36.8 Å². The van der Waals surface area contributed by atoms with Crippen molar-refractivity contribution in [2.24, 2.45) is 0 Å². The van der Waals surface area contributed by atoms with Crippen LogP contribution in [-0.2, 0) is 24.3 Å².